The molecule has 0 aliphatic carbocycles. The SMILES string of the molecule is Cn1cnnc1SCC(=O)C=S. The summed E-state index contributed by atoms with van der Waals surface area (Å²) in [4.78, 5) is 10.8. The van der Waals surface area contributed by atoms with Gasteiger partial charge in [0.25, 0.3) is 0 Å². The van der Waals surface area contributed by atoms with Crippen LogP contribution in [0.25, 0.3) is 0 Å². The third kappa shape index (κ3) is 2.38. The number of aromatic nitrogens is 3. The molecule has 1 aromatic heterocycles. The molecule has 64 valence electrons. The Hall–Kier alpha value is -0.750. The lowest BCUT2D eigenvalue weighted by atomic mass is 10.5. The monoisotopic (exact) mass is 201 g/mol. The summed E-state index contributed by atoms with van der Waals surface area (Å²) in [5, 5.41) is 9.33. The highest BCUT2D eigenvalue weighted by Crippen LogP contribution is 2.12. The molecule has 0 N–H and O–H groups in total. The molecule has 1 aromatic rings. The number of rotatable bonds is 4. The van der Waals surface area contributed by atoms with Gasteiger partial charge in [0.1, 0.15) is 6.33 Å². The number of thioether (sulfide) groups is 1. The van der Waals surface area contributed by atoms with Gasteiger partial charge >= 0.3 is 0 Å². The van der Waals surface area contributed by atoms with E-state index in [1.54, 1.807) is 10.9 Å². The van der Waals surface area contributed by atoms with Crippen molar-refractivity contribution in [1.29, 1.82) is 0 Å². The highest BCUT2D eigenvalue weighted by atomic mass is 32.2. The number of aryl methyl sites for hydroxylation is 1. The van der Waals surface area contributed by atoms with Crippen LogP contribution in [0.5, 0.6) is 0 Å². The smallest absolute Gasteiger partial charge is 0.191 e. The number of carbonyl (C=O) groups excluding carboxylic acids is 1. The molecule has 0 atom stereocenters. The van der Waals surface area contributed by atoms with Gasteiger partial charge in [-0.1, -0.05) is 24.0 Å². The minimum Gasteiger partial charge on any atom is -0.312 e. The maximum atomic E-state index is 10.8. The Labute approximate surface area is 79.4 Å². The molecule has 0 radical (unpaired) electrons. The molecule has 0 amide bonds. The van der Waals surface area contributed by atoms with Gasteiger partial charge in [-0.25, -0.2) is 0 Å². The van der Waals surface area contributed by atoms with Crippen LogP contribution in [-0.2, 0) is 11.8 Å². The van der Waals surface area contributed by atoms with E-state index >= 15 is 0 Å². The predicted octanol–water partition coefficient (Wildman–Crippen LogP) is 0.476. The highest BCUT2D eigenvalue weighted by Gasteiger charge is 2.03. The number of ketones is 1. The molecule has 4 nitrogen and oxygen atoms in total. The average Bonchev–Trinajstić information content (AvgIpc) is 2.47. The van der Waals surface area contributed by atoms with Crippen molar-refractivity contribution in [1.82, 2.24) is 14.8 Å². The van der Waals surface area contributed by atoms with Gasteiger partial charge in [-0.2, -0.15) is 0 Å². The van der Waals surface area contributed by atoms with Gasteiger partial charge in [-0.15, -0.1) is 10.2 Å². The second kappa shape index (κ2) is 4.32. The zero-order valence-corrected chi connectivity index (χ0v) is 8.06. The minimum atomic E-state index is -0.0713. The first-order chi connectivity index (χ1) is 5.74. The van der Waals surface area contributed by atoms with Gasteiger partial charge in [0.2, 0.25) is 0 Å². The molecule has 12 heavy (non-hydrogen) atoms. The fraction of sp³-hybridized carbons (Fsp3) is 0.333. The molecule has 0 fully saturated rings. The number of Topliss-reactive ketones (excluding diaryl/α,β-unsaturated/α-hetero) is 1. The first-order valence-electron chi connectivity index (χ1n) is 3.19. The largest absolute Gasteiger partial charge is 0.312 e. The summed E-state index contributed by atoms with van der Waals surface area (Å²) in [7, 11) is 1.82. The Morgan fingerprint density at radius 3 is 3.17 bits per heavy atom. The lowest BCUT2D eigenvalue weighted by molar-refractivity contribution is -0.110. The van der Waals surface area contributed by atoms with Crippen LogP contribution in [0.1, 0.15) is 0 Å². The molecule has 1 heterocycles. The van der Waals surface area contributed by atoms with Crippen molar-refractivity contribution in [2.24, 2.45) is 7.05 Å². The zero-order chi connectivity index (χ0) is 8.97. The minimum absolute atomic E-state index is 0.0713. The van der Waals surface area contributed by atoms with Crippen molar-refractivity contribution >= 4 is 35.1 Å². The van der Waals surface area contributed by atoms with Gasteiger partial charge in [-0.3, -0.25) is 4.79 Å². The maximum Gasteiger partial charge on any atom is 0.191 e. The summed E-state index contributed by atoms with van der Waals surface area (Å²) in [5.74, 6) is 0.258. The van der Waals surface area contributed by atoms with Crippen molar-refractivity contribution in [2.45, 2.75) is 5.16 Å². The summed E-state index contributed by atoms with van der Waals surface area (Å²) in [6, 6.07) is 0. The van der Waals surface area contributed by atoms with E-state index in [2.05, 4.69) is 22.4 Å². The topological polar surface area (TPSA) is 47.8 Å². The maximum absolute atomic E-state index is 10.8. The molecule has 6 heteroatoms. The third-order valence-electron chi connectivity index (χ3n) is 1.14. The molecule has 0 aliphatic heterocycles. The van der Waals surface area contributed by atoms with E-state index in [9.17, 15) is 4.79 Å². The number of hydrogen-bond donors (Lipinski definition) is 0. The fourth-order valence-corrected chi connectivity index (χ4v) is 1.47. The first kappa shape index (κ1) is 9.34. The normalized spacial score (nSPS) is 9.75. The van der Waals surface area contributed by atoms with Crippen LogP contribution < -0.4 is 0 Å². The molecule has 1 rings (SSSR count). The van der Waals surface area contributed by atoms with E-state index in [0.29, 0.717) is 5.75 Å². The van der Waals surface area contributed by atoms with Crippen molar-refractivity contribution in [3.63, 3.8) is 0 Å². The molecule has 0 saturated carbocycles. The van der Waals surface area contributed by atoms with Gasteiger partial charge in [-0.05, 0) is 0 Å². The van der Waals surface area contributed by atoms with Gasteiger partial charge in [0.15, 0.2) is 10.9 Å². The fourth-order valence-electron chi connectivity index (χ4n) is 0.573. The second-order valence-corrected chi connectivity index (χ2v) is 3.28. The van der Waals surface area contributed by atoms with Gasteiger partial charge < -0.3 is 4.57 Å². The highest BCUT2D eigenvalue weighted by molar-refractivity contribution is 8.00. The molecule has 0 unspecified atom stereocenters. The van der Waals surface area contributed by atoms with E-state index in [4.69, 9.17) is 0 Å². The Bertz CT molecular complexity index is 297. The van der Waals surface area contributed by atoms with Crippen LogP contribution >= 0.6 is 24.0 Å². The van der Waals surface area contributed by atoms with E-state index in [-0.39, 0.29) is 5.78 Å². The van der Waals surface area contributed by atoms with Gasteiger partial charge in [0, 0.05) is 12.4 Å². The van der Waals surface area contributed by atoms with E-state index in [1.165, 1.54) is 11.8 Å². The number of thiocarbonyl (C=S) groups is 1. The van der Waals surface area contributed by atoms with Crippen LogP contribution in [0.15, 0.2) is 11.5 Å². The molecule has 0 aromatic carbocycles. The zero-order valence-electron chi connectivity index (χ0n) is 6.43. The molecular weight excluding hydrogens is 194 g/mol. The van der Waals surface area contributed by atoms with Crippen LogP contribution in [0.4, 0.5) is 0 Å². The molecular formula is C6H7N3OS2. The van der Waals surface area contributed by atoms with Crippen molar-refractivity contribution in [3.05, 3.63) is 6.33 Å². The van der Waals surface area contributed by atoms with E-state index in [0.717, 1.165) is 10.5 Å². The van der Waals surface area contributed by atoms with Crippen LogP contribution in [0.3, 0.4) is 0 Å². The first-order valence-corrected chi connectivity index (χ1v) is 4.64. The van der Waals surface area contributed by atoms with E-state index in [1.807, 2.05) is 7.05 Å². The lowest BCUT2D eigenvalue weighted by Gasteiger charge is -1.95. The summed E-state index contributed by atoms with van der Waals surface area (Å²) < 4.78 is 1.75. The third-order valence-corrected chi connectivity index (χ3v) is 2.46. The summed E-state index contributed by atoms with van der Waals surface area (Å²) in [6.07, 6.45) is 1.59. The number of carbonyl (C=O) groups is 1. The Balaban J connectivity index is 2.48. The summed E-state index contributed by atoms with van der Waals surface area (Å²) >= 11 is 5.80. The number of hydrogen-bond acceptors (Lipinski definition) is 5. The predicted molar refractivity (Wildman–Crippen MR) is 50.4 cm³/mol. The quantitative estimate of drug-likeness (QED) is 0.523. The van der Waals surface area contributed by atoms with Crippen molar-refractivity contribution < 1.29 is 4.79 Å². The standard InChI is InChI=1S/C6H7N3OS2/c1-9-4-7-8-6(9)12-3-5(10)2-11/h2,4H,3H2,1H3. The summed E-state index contributed by atoms with van der Waals surface area (Å²) in [5.41, 5.74) is 0. The lowest BCUT2D eigenvalue weighted by Crippen LogP contribution is -2.01. The van der Waals surface area contributed by atoms with Crippen LogP contribution in [-0.4, -0.2) is 31.7 Å². The van der Waals surface area contributed by atoms with Gasteiger partial charge in [0.05, 0.1) is 5.75 Å². The Kier molecular flexibility index (Phi) is 3.36. The Morgan fingerprint density at radius 2 is 2.67 bits per heavy atom. The van der Waals surface area contributed by atoms with Crippen LogP contribution in [0.2, 0.25) is 0 Å². The molecule has 0 aliphatic rings. The van der Waals surface area contributed by atoms with Crippen molar-refractivity contribution in [2.75, 3.05) is 5.75 Å². The average molecular weight is 201 g/mol. The second-order valence-electron chi connectivity index (χ2n) is 2.10. The molecule has 0 saturated heterocycles. The molecule has 0 spiro atoms. The number of nitrogens with zero attached hydrogens (tertiary/aromatic N) is 3. The molecule has 0 bridgehead atoms. The van der Waals surface area contributed by atoms with Crippen molar-refractivity contribution in [3.8, 4) is 0 Å². The van der Waals surface area contributed by atoms with E-state index < -0.39 is 0 Å². The van der Waals surface area contributed by atoms with Crippen LogP contribution in [0, 0.1) is 0 Å². The Morgan fingerprint density at radius 1 is 1.92 bits per heavy atom. The summed E-state index contributed by atoms with van der Waals surface area (Å²) in [6.45, 7) is 0.